The second-order valence-electron chi connectivity index (χ2n) is 4.95. The van der Waals surface area contributed by atoms with Gasteiger partial charge in [0, 0.05) is 29.8 Å². The highest BCUT2D eigenvalue weighted by Gasteiger charge is 2.45. The van der Waals surface area contributed by atoms with Gasteiger partial charge in [-0.3, -0.25) is 9.59 Å². The van der Waals surface area contributed by atoms with E-state index in [1.54, 1.807) is 12.3 Å². The number of benzene rings is 1. The second kappa shape index (κ2) is 5.28. The Hall–Kier alpha value is -2.64. The van der Waals surface area contributed by atoms with Crippen molar-refractivity contribution in [1.29, 1.82) is 0 Å². The highest BCUT2D eigenvalue weighted by atomic mass is 16.5. The molecule has 2 aromatic rings. The Kier molecular flexibility index (Phi) is 3.44. The van der Waals surface area contributed by atoms with E-state index < -0.39 is 24.1 Å². The van der Waals surface area contributed by atoms with Gasteiger partial charge in [-0.1, -0.05) is 18.2 Å². The average Bonchev–Trinajstić information content (AvgIpc) is 2.94. The predicted octanol–water partition coefficient (Wildman–Crippen LogP) is 0.0898. The van der Waals surface area contributed by atoms with Crippen LogP contribution >= 0.6 is 0 Å². The van der Waals surface area contributed by atoms with Crippen LogP contribution in [-0.2, 0) is 14.3 Å². The van der Waals surface area contributed by atoms with Gasteiger partial charge in [-0.25, -0.2) is 0 Å². The van der Waals surface area contributed by atoms with E-state index in [4.69, 9.17) is 4.74 Å². The molecule has 1 saturated heterocycles. The number of aromatic amines is 1. The first-order valence-electron chi connectivity index (χ1n) is 6.67. The fourth-order valence-electron chi connectivity index (χ4n) is 2.38. The Morgan fingerprint density at radius 1 is 1.32 bits per heavy atom. The van der Waals surface area contributed by atoms with Gasteiger partial charge in [0.15, 0.2) is 0 Å². The molecule has 4 N–H and O–H groups in total. The normalized spacial score (nSPS) is 23.6. The van der Waals surface area contributed by atoms with E-state index in [1.165, 1.54) is 7.11 Å². The summed E-state index contributed by atoms with van der Waals surface area (Å²) < 4.78 is 4.94. The van der Waals surface area contributed by atoms with Crippen LogP contribution in [-0.4, -0.2) is 41.3 Å². The number of H-pyrrole nitrogens is 1. The first-order chi connectivity index (χ1) is 10.6. The van der Waals surface area contributed by atoms with Crippen molar-refractivity contribution < 1.29 is 19.4 Å². The summed E-state index contributed by atoms with van der Waals surface area (Å²) in [6.45, 7) is -0.651. The van der Waals surface area contributed by atoms with Gasteiger partial charge in [-0.2, -0.15) is 0 Å². The van der Waals surface area contributed by atoms with Crippen molar-refractivity contribution in [1.82, 2.24) is 15.6 Å². The number of hydrogen-bond acceptors (Lipinski definition) is 4. The standard InChI is InChI=1S/C15H15N3O4/c1-22-15(8-19)14(21)17-12(13(20)18-15)6-9-7-16-11-5-3-2-4-10(9)11/h2-7,16,19H,8H2,1H3,(H,17,21)(H,18,20)/b12-6+. The van der Waals surface area contributed by atoms with E-state index in [-0.39, 0.29) is 5.70 Å². The van der Waals surface area contributed by atoms with Crippen molar-refractivity contribution in [3.63, 3.8) is 0 Å². The zero-order chi connectivity index (χ0) is 15.7. The van der Waals surface area contributed by atoms with Crippen molar-refractivity contribution in [2.24, 2.45) is 0 Å². The minimum atomic E-state index is -1.74. The Morgan fingerprint density at radius 3 is 2.82 bits per heavy atom. The summed E-state index contributed by atoms with van der Waals surface area (Å²) in [6, 6.07) is 7.62. The number of piperazine rings is 1. The van der Waals surface area contributed by atoms with Gasteiger partial charge in [-0.05, 0) is 12.1 Å². The molecule has 1 aliphatic heterocycles. The van der Waals surface area contributed by atoms with Crippen LogP contribution in [0.2, 0.25) is 0 Å². The maximum atomic E-state index is 12.1. The number of rotatable bonds is 3. The lowest BCUT2D eigenvalue weighted by molar-refractivity contribution is -0.162. The molecule has 1 aliphatic rings. The number of amides is 2. The molecule has 7 nitrogen and oxygen atoms in total. The molecular formula is C15H15N3O4. The maximum Gasteiger partial charge on any atom is 0.280 e. The third kappa shape index (κ3) is 2.16. The summed E-state index contributed by atoms with van der Waals surface area (Å²) in [5.74, 6) is -1.15. The van der Waals surface area contributed by atoms with E-state index in [2.05, 4.69) is 15.6 Å². The molecular weight excluding hydrogens is 286 g/mol. The predicted molar refractivity (Wildman–Crippen MR) is 79.4 cm³/mol. The summed E-state index contributed by atoms with van der Waals surface area (Å²) in [7, 11) is 1.24. The van der Waals surface area contributed by atoms with E-state index in [9.17, 15) is 14.7 Å². The maximum absolute atomic E-state index is 12.1. The van der Waals surface area contributed by atoms with Crippen LogP contribution in [0.25, 0.3) is 17.0 Å². The van der Waals surface area contributed by atoms with Crippen molar-refractivity contribution in [2.75, 3.05) is 13.7 Å². The zero-order valence-electron chi connectivity index (χ0n) is 11.8. The van der Waals surface area contributed by atoms with Gasteiger partial charge in [0.05, 0.1) is 0 Å². The Bertz CT molecular complexity index is 774. The summed E-state index contributed by atoms with van der Waals surface area (Å²) in [5, 5.41) is 15.1. The largest absolute Gasteiger partial charge is 0.391 e. The monoisotopic (exact) mass is 301 g/mol. The average molecular weight is 301 g/mol. The Labute approximate surface area is 126 Å². The number of hydrogen-bond donors (Lipinski definition) is 4. The number of carbonyl (C=O) groups is 2. The fourth-order valence-corrected chi connectivity index (χ4v) is 2.38. The summed E-state index contributed by atoms with van der Waals surface area (Å²) in [5.41, 5.74) is 0.0542. The molecule has 0 saturated carbocycles. The summed E-state index contributed by atoms with van der Waals surface area (Å²) in [6.07, 6.45) is 3.32. The smallest absolute Gasteiger partial charge is 0.280 e. The van der Waals surface area contributed by atoms with Crippen molar-refractivity contribution in [2.45, 2.75) is 5.72 Å². The van der Waals surface area contributed by atoms with E-state index in [1.807, 2.05) is 24.3 Å². The van der Waals surface area contributed by atoms with E-state index >= 15 is 0 Å². The lowest BCUT2D eigenvalue weighted by Gasteiger charge is -2.34. The Balaban J connectivity index is 1.96. The summed E-state index contributed by atoms with van der Waals surface area (Å²) in [4.78, 5) is 27.3. The van der Waals surface area contributed by atoms with Crippen LogP contribution in [0, 0.1) is 0 Å². The molecule has 0 bridgehead atoms. The topological polar surface area (TPSA) is 103 Å². The Morgan fingerprint density at radius 2 is 2.09 bits per heavy atom. The molecule has 7 heteroatoms. The van der Waals surface area contributed by atoms with Crippen LogP contribution in [0.5, 0.6) is 0 Å². The highest BCUT2D eigenvalue weighted by Crippen LogP contribution is 2.21. The number of ether oxygens (including phenoxy) is 1. The molecule has 2 heterocycles. The number of fused-ring (bicyclic) bond motifs is 1. The number of aromatic nitrogens is 1. The first kappa shape index (κ1) is 14.3. The summed E-state index contributed by atoms with van der Waals surface area (Å²) >= 11 is 0. The van der Waals surface area contributed by atoms with Crippen molar-refractivity contribution in [3.8, 4) is 0 Å². The molecule has 22 heavy (non-hydrogen) atoms. The van der Waals surface area contributed by atoms with Crippen LogP contribution in [0.15, 0.2) is 36.2 Å². The third-order valence-electron chi connectivity index (χ3n) is 3.67. The minimum Gasteiger partial charge on any atom is -0.391 e. The van der Waals surface area contributed by atoms with Crippen LogP contribution in [0.1, 0.15) is 5.56 Å². The molecule has 1 aromatic carbocycles. The SMILES string of the molecule is COC1(CO)NC(=O)/C(=C\c2c[nH]c3ccccc23)NC1=O. The van der Waals surface area contributed by atoms with Gasteiger partial charge in [-0.15, -0.1) is 0 Å². The molecule has 2 amide bonds. The number of nitrogens with one attached hydrogen (secondary N) is 3. The third-order valence-corrected chi connectivity index (χ3v) is 3.67. The first-order valence-corrected chi connectivity index (χ1v) is 6.67. The number of carbonyl (C=O) groups excluding carboxylic acids is 2. The van der Waals surface area contributed by atoms with Gasteiger partial charge in [0.1, 0.15) is 12.3 Å². The van der Waals surface area contributed by atoms with Crippen LogP contribution in [0.3, 0.4) is 0 Å². The number of aliphatic hydroxyl groups excluding tert-OH is 1. The number of para-hydroxylation sites is 1. The molecule has 1 aromatic heterocycles. The van der Waals surface area contributed by atoms with Gasteiger partial charge in [0.2, 0.25) is 5.72 Å². The lowest BCUT2D eigenvalue weighted by atomic mass is 10.1. The van der Waals surface area contributed by atoms with Crippen LogP contribution in [0.4, 0.5) is 0 Å². The molecule has 1 atom stereocenters. The van der Waals surface area contributed by atoms with Gasteiger partial charge < -0.3 is 25.5 Å². The lowest BCUT2D eigenvalue weighted by Crippen LogP contribution is -2.67. The van der Waals surface area contributed by atoms with E-state index in [0.717, 1.165) is 16.5 Å². The molecule has 114 valence electrons. The molecule has 0 radical (unpaired) electrons. The molecule has 3 rings (SSSR count). The second-order valence-corrected chi connectivity index (χ2v) is 4.95. The van der Waals surface area contributed by atoms with Crippen molar-refractivity contribution >= 4 is 28.8 Å². The fraction of sp³-hybridized carbons (Fsp3) is 0.200. The highest BCUT2D eigenvalue weighted by molar-refractivity contribution is 6.09. The molecule has 1 unspecified atom stereocenters. The molecule has 0 aliphatic carbocycles. The zero-order valence-corrected chi connectivity index (χ0v) is 11.8. The molecule has 1 fully saturated rings. The number of aliphatic hydroxyl groups is 1. The van der Waals surface area contributed by atoms with E-state index in [0.29, 0.717) is 0 Å². The molecule has 0 spiro atoms. The quantitative estimate of drug-likeness (QED) is 0.603. The van der Waals surface area contributed by atoms with Gasteiger partial charge in [0.25, 0.3) is 11.8 Å². The minimum absolute atomic E-state index is 0.0934. The number of methoxy groups -OCH3 is 1. The van der Waals surface area contributed by atoms with Gasteiger partial charge >= 0.3 is 0 Å². The van der Waals surface area contributed by atoms with Crippen LogP contribution < -0.4 is 10.6 Å². The van der Waals surface area contributed by atoms with Crippen molar-refractivity contribution in [3.05, 3.63) is 41.7 Å².